The molecule has 2 aromatic carbocycles. The predicted octanol–water partition coefficient (Wildman–Crippen LogP) is 5.33. The summed E-state index contributed by atoms with van der Waals surface area (Å²) in [5.41, 5.74) is 4.64. The fourth-order valence-electron chi connectivity index (χ4n) is 3.28. The van der Waals surface area contributed by atoms with E-state index in [4.69, 9.17) is 4.52 Å². The second kappa shape index (κ2) is 9.82. The molecule has 0 aliphatic carbocycles. The van der Waals surface area contributed by atoms with Crippen LogP contribution in [-0.2, 0) is 6.42 Å². The summed E-state index contributed by atoms with van der Waals surface area (Å²) < 4.78 is 18.5. The molecular weight excluding hydrogens is 367 g/mol. The van der Waals surface area contributed by atoms with Crippen molar-refractivity contribution in [3.63, 3.8) is 0 Å². The van der Waals surface area contributed by atoms with Crippen LogP contribution in [0.4, 0.5) is 4.39 Å². The average Bonchev–Trinajstić information content (AvgIpc) is 3.16. The van der Waals surface area contributed by atoms with Gasteiger partial charge in [0, 0.05) is 19.0 Å². The Bertz CT molecular complexity index is 1010. The molecule has 1 N–H and O–H groups in total. The lowest BCUT2D eigenvalue weighted by Gasteiger charge is -2.11. The minimum absolute atomic E-state index is 0.230. The molecule has 0 aliphatic rings. The molecule has 29 heavy (non-hydrogen) atoms. The summed E-state index contributed by atoms with van der Waals surface area (Å²) in [6.45, 7) is 4.70. The molecule has 3 aromatic rings. The molecule has 1 aromatic heterocycles. The van der Waals surface area contributed by atoms with Crippen molar-refractivity contribution in [2.75, 3.05) is 6.54 Å². The third-order valence-electron chi connectivity index (χ3n) is 4.68. The third kappa shape index (κ3) is 5.64. The summed E-state index contributed by atoms with van der Waals surface area (Å²) in [5, 5.41) is 6.75. The van der Waals surface area contributed by atoms with Gasteiger partial charge in [-0.2, -0.15) is 0 Å². The van der Waals surface area contributed by atoms with Crippen molar-refractivity contribution in [3.8, 4) is 0 Å². The quantitative estimate of drug-likeness (QED) is 0.564. The number of carbonyl (C=O) groups excluding carboxylic acids is 1. The molecule has 0 atom stereocenters. The van der Waals surface area contributed by atoms with E-state index in [2.05, 4.69) is 42.5 Å². The standard InChI is InChI=1S/C24H25FN2O2/c1-3-7-19(22-11-5-4-8-17(22)2)12-13-26-24(28)23-16-21(29-27-23)15-18-9-6-10-20(25)14-18/h4-11,14,16H,3,12-13,15H2,1-2H3,(H,26,28)/b19-7-. The zero-order valence-electron chi connectivity index (χ0n) is 16.7. The number of benzene rings is 2. The van der Waals surface area contributed by atoms with Gasteiger partial charge >= 0.3 is 0 Å². The fraction of sp³-hybridized carbons (Fsp3) is 0.250. The minimum Gasteiger partial charge on any atom is -0.360 e. The van der Waals surface area contributed by atoms with Crippen molar-refractivity contribution < 1.29 is 13.7 Å². The summed E-state index contributed by atoms with van der Waals surface area (Å²) in [6, 6.07) is 16.1. The van der Waals surface area contributed by atoms with Gasteiger partial charge in [-0.25, -0.2) is 4.39 Å². The normalized spacial score (nSPS) is 11.5. The first-order valence-corrected chi connectivity index (χ1v) is 9.80. The van der Waals surface area contributed by atoms with Gasteiger partial charge in [0.05, 0.1) is 0 Å². The van der Waals surface area contributed by atoms with Crippen LogP contribution < -0.4 is 5.32 Å². The highest BCUT2D eigenvalue weighted by molar-refractivity contribution is 5.92. The summed E-state index contributed by atoms with van der Waals surface area (Å²) >= 11 is 0. The second-order valence-electron chi connectivity index (χ2n) is 6.94. The molecule has 0 fully saturated rings. The molecule has 0 aliphatic heterocycles. The first-order valence-electron chi connectivity index (χ1n) is 9.80. The second-order valence-corrected chi connectivity index (χ2v) is 6.94. The van der Waals surface area contributed by atoms with Crippen molar-refractivity contribution in [1.29, 1.82) is 0 Å². The summed E-state index contributed by atoms with van der Waals surface area (Å²) in [6.07, 6.45) is 4.25. The van der Waals surface area contributed by atoms with Crippen LogP contribution in [0.5, 0.6) is 0 Å². The van der Waals surface area contributed by atoms with Gasteiger partial charge in [-0.15, -0.1) is 0 Å². The van der Waals surface area contributed by atoms with Crippen LogP contribution in [0.1, 0.15) is 52.7 Å². The number of aryl methyl sites for hydroxylation is 1. The van der Waals surface area contributed by atoms with E-state index in [1.807, 2.05) is 12.1 Å². The molecule has 1 amide bonds. The number of hydrogen-bond donors (Lipinski definition) is 1. The van der Waals surface area contributed by atoms with Crippen LogP contribution in [0.3, 0.4) is 0 Å². The van der Waals surface area contributed by atoms with E-state index in [-0.39, 0.29) is 17.4 Å². The minimum atomic E-state index is -0.301. The van der Waals surface area contributed by atoms with Crippen LogP contribution in [0.15, 0.2) is 65.2 Å². The maximum Gasteiger partial charge on any atom is 0.273 e. The SMILES string of the molecule is CC/C=C(/CCNC(=O)c1cc(Cc2cccc(F)c2)on1)c1ccccc1C. The summed E-state index contributed by atoms with van der Waals surface area (Å²) in [7, 11) is 0. The Balaban J connectivity index is 1.57. The van der Waals surface area contributed by atoms with Gasteiger partial charge in [-0.1, -0.05) is 54.6 Å². The highest BCUT2D eigenvalue weighted by Gasteiger charge is 2.13. The van der Waals surface area contributed by atoms with E-state index in [1.165, 1.54) is 28.8 Å². The zero-order chi connectivity index (χ0) is 20.6. The van der Waals surface area contributed by atoms with Gasteiger partial charge in [0.15, 0.2) is 5.69 Å². The van der Waals surface area contributed by atoms with Gasteiger partial charge < -0.3 is 9.84 Å². The third-order valence-corrected chi connectivity index (χ3v) is 4.68. The number of aromatic nitrogens is 1. The van der Waals surface area contributed by atoms with Crippen LogP contribution >= 0.6 is 0 Å². The topological polar surface area (TPSA) is 55.1 Å². The Kier molecular flexibility index (Phi) is 6.95. The van der Waals surface area contributed by atoms with E-state index in [0.717, 1.165) is 18.4 Å². The monoisotopic (exact) mass is 392 g/mol. The Hall–Kier alpha value is -3.21. The number of hydrogen-bond acceptors (Lipinski definition) is 3. The highest BCUT2D eigenvalue weighted by Crippen LogP contribution is 2.22. The number of amides is 1. The Morgan fingerprint density at radius 3 is 2.76 bits per heavy atom. The number of rotatable bonds is 8. The molecular formula is C24H25FN2O2. The maximum atomic E-state index is 13.3. The van der Waals surface area contributed by atoms with Crippen molar-refractivity contribution >= 4 is 11.5 Å². The van der Waals surface area contributed by atoms with E-state index < -0.39 is 0 Å². The maximum absolute atomic E-state index is 13.3. The molecule has 0 radical (unpaired) electrons. The highest BCUT2D eigenvalue weighted by atomic mass is 19.1. The smallest absolute Gasteiger partial charge is 0.273 e. The molecule has 3 rings (SSSR count). The lowest BCUT2D eigenvalue weighted by Crippen LogP contribution is -2.25. The van der Waals surface area contributed by atoms with Crippen molar-refractivity contribution in [2.24, 2.45) is 0 Å². The number of nitrogens with zero attached hydrogens (tertiary/aromatic N) is 1. The molecule has 0 spiro atoms. The van der Waals surface area contributed by atoms with Crippen LogP contribution in [0.2, 0.25) is 0 Å². The van der Waals surface area contributed by atoms with Gasteiger partial charge in [-0.05, 0) is 54.2 Å². The van der Waals surface area contributed by atoms with E-state index in [1.54, 1.807) is 18.2 Å². The Morgan fingerprint density at radius 2 is 2.00 bits per heavy atom. The average molecular weight is 392 g/mol. The van der Waals surface area contributed by atoms with Crippen LogP contribution in [-0.4, -0.2) is 17.6 Å². The molecule has 150 valence electrons. The first kappa shape index (κ1) is 20.5. The van der Waals surface area contributed by atoms with Crippen molar-refractivity contribution in [1.82, 2.24) is 10.5 Å². The zero-order valence-corrected chi connectivity index (χ0v) is 16.7. The number of halogens is 1. The molecule has 0 saturated heterocycles. The van der Waals surface area contributed by atoms with E-state index >= 15 is 0 Å². The van der Waals surface area contributed by atoms with Gasteiger partial charge in [-0.3, -0.25) is 4.79 Å². The van der Waals surface area contributed by atoms with E-state index in [0.29, 0.717) is 18.7 Å². The molecule has 1 heterocycles. The number of nitrogens with one attached hydrogen (secondary N) is 1. The molecule has 4 nitrogen and oxygen atoms in total. The number of allylic oxidation sites excluding steroid dienone is 1. The van der Waals surface area contributed by atoms with Crippen LogP contribution in [0, 0.1) is 12.7 Å². The lowest BCUT2D eigenvalue weighted by atomic mass is 9.97. The first-order chi connectivity index (χ1) is 14.1. The van der Waals surface area contributed by atoms with Gasteiger partial charge in [0.1, 0.15) is 11.6 Å². The fourth-order valence-corrected chi connectivity index (χ4v) is 3.28. The van der Waals surface area contributed by atoms with E-state index in [9.17, 15) is 9.18 Å². The predicted molar refractivity (Wildman–Crippen MR) is 112 cm³/mol. The Labute approximate surface area is 170 Å². The van der Waals surface area contributed by atoms with Crippen LogP contribution in [0.25, 0.3) is 5.57 Å². The number of carbonyl (C=O) groups is 1. The van der Waals surface area contributed by atoms with Crippen molar-refractivity contribution in [3.05, 3.63) is 94.6 Å². The van der Waals surface area contributed by atoms with Gasteiger partial charge in [0.25, 0.3) is 5.91 Å². The Morgan fingerprint density at radius 1 is 1.17 bits per heavy atom. The van der Waals surface area contributed by atoms with Crippen molar-refractivity contribution in [2.45, 2.75) is 33.1 Å². The molecule has 0 bridgehead atoms. The van der Waals surface area contributed by atoms with Gasteiger partial charge in [0.2, 0.25) is 0 Å². The summed E-state index contributed by atoms with van der Waals surface area (Å²) in [4.78, 5) is 12.4. The lowest BCUT2D eigenvalue weighted by molar-refractivity contribution is 0.0945. The molecule has 0 saturated carbocycles. The summed E-state index contributed by atoms with van der Waals surface area (Å²) in [5.74, 6) is -0.0586. The molecule has 5 heteroatoms. The molecule has 0 unspecified atom stereocenters. The largest absolute Gasteiger partial charge is 0.360 e.